The molecule has 1 aromatic carbocycles. The van der Waals surface area contributed by atoms with Gasteiger partial charge in [-0.2, -0.15) is 0 Å². The summed E-state index contributed by atoms with van der Waals surface area (Å²) in [4.78, 5) is 1.18. The molecular formula is C14H11ClN2S2. The van der Waals surface area contributed by atoms with E-state index in [0.29, 0.717) is 0 Å². The number of aromatic nitrogens is 2. The molecule has 0 radical (unpaired) electrons. The summed E-state index contributed by atoms with van der Waals surface area (Å²) in [5.74, 6) is 0. The van der Waals surface area contributed by atoms with Crippen LogP contribution in [-0.4, -0.2) is 10.2 Å². The van der Waals surface area contributed by atoms with E-state index in [1.165, 1.54) is 10.4 Å². The van der Waals surface area contributed by atoms with Crippen molar-refractivity contribution < 1.29 is 0 Å². The van der Waals surface area contributed by atoms with Crippen molar-refractivity contribution in [2.45, 2.75) is 12.3 Å². The van der Waals surface area contributed by atoms with Crippen molar-refractivity contribution in [1.29, 1.82) is 0 Å². The number of hydrogen-bond donors (Lipinski definition) is 0. The van der Waals surface area contributed by atoms with Gasteiger partial charge in [0, 0.05) is 0 Å². The van der Waals surface area contributed by atoms with Gasteiger partial charge in [-0.3, -0.25) is 0 Å². The Hall–Kier alpha value is -1.23. The maximum atomic E-state index is 6.46. The molecule has 0 amide bonds. The molecule has 0 saturated heterocycles. The molecule has 0 N–H and O–H groups in total. The van der Waals surface area contributed by atoms with Crippen molar-refractivity contribution in [1.82, 2.24) is 10.2 Å². The van der Waals surface area contributed by atoms with E-state index in [9.17, 15) is 0 Å². The first-order valence-corrected chi connectivity index (χ1v) is 7.96. The molecule has 0 aliphatic carbocycles. The SMILES string of the molecule is Cc1ccsc1-c1nnc(C(Cl)c2ccccc2)s1. The smallest absolute Gasteiger partial charge is 0.141 e. The van der Waals surface area contributed by atoms with Crippen molar-refractivity contribution in [3.8, 4) is 9.88 Å². The minimum atomic E-state index is -0.229. The number of benzene rings is 1. The molecule has 0 saturated carbocycles. The maximum absolute atomic E-state index is 6.46. The first-order chi connectivity index (χ1) is 9.25. The Kier molecular flexibility index (Phi) is 3.64. The van der Waals surface area contributed by atoms with Gasteiger partial charge in [-0.1, -0.05) is 41.7 Å². The predicted octanol–water partition coefficient (Wildman–Crippen LogP) is 4.90. The Balaban J connectivity index is 1.92. The van der Waals surface area contributed by atoms with Crippen LogP contribution in [0.1, 0.15) is 21.5 Å². The topological polar surface area (TPSA) is 25.8 Å². The summed E-state index contributed by atoms with van der Waals surface area (Å²) >= 11 is 9.71. The van der Waals surface area contributed by atoms with Gasteiger partial charge >= 0.3 is 0 Å². The van der Waals surface area contributed by atoms with Gasteiger partial charge in [-0.05, 0) is 29.5 Å². The average molecular weight is 307 g/mol. The third kappa shape index (κ3) is 2.56. The van der Waals surface area contributed by atoms with E-state index in [4.69, 9.17) is 11.6 Å². The lowest BCUT2D eigenvalue weighted by atomic mass is 10.1. The van der Waals surface area contributed by atoms with E-state index < -0.39 is 0 Å². The molecular weight excluding hydrogens is 296 g/mol. The highest BCUT2D eigenvalue weighted by molar-refractivity contribution is 7.21. The summed E-state index contributed by atoms with van der Waals surface area (Å²) in [6, 6.07) is 12.1. The van der Waals surface area contributed by atoms with Gasteiger partial charge in [0.1, 0.15) is 10.4 Å². The summed E-state index contributed by atoms with van der Waals surface area (Å²) < 4.78 is 0. The average Bonchev–Trinajstić information content (AvgIpc) is 3.07. The van der Waals surface area contributed by atoms with Crippen LogP contribution in [-0.2, 0) is 0 Å². The van der Waals surface area contributed by atoms with Gasteiger partial charge in [0.25, 0.3) is 0 Å². The van der Waals surface area contributed by atoms with Crippen molar-refractivity contribution >= 4 is 34.3 Å². The predicted molar refractivity (Wildman–Crippen MR) is 82.1 cm³/mol. The molecule has 2 aromatic heterocycles. The molecule has 2 nitrogen and oxygen atoms in total. The largest absolute Gasteiger partial charge is 0.158 e. The Labute approximate surface area is 124 Å². The third-order valence-corrected chi connectivity index (χ3v) is 5.55. The van der Waals surface area contributed by atoms with Crippen LogP contribution in [0, 0.1) is 6.92 Å². The molecule has 0 spiro atoms. The molecule has 2 heterocycles. The molecule has 3 rings (SSSR count). The van der Waals surface area contributed by atoms with Gasteiger partial charge < -0.3 is 0 Å². The molecule has 0 aliphatic heterocycles. The van der Waals surface area contributed by atoms with Gasteiger partial charge in [0.2, 0.25) is 0 Å². The number of nitrogens with zero attached hydrogens (tertiary/aromatic N) is 2. The van der Waals surface area contributed by atoms with Gasteiger partial charge in [0.05, 0.1) is 4.88 Å². The van der Waals surface area contributed by atoms with Gasteiger partial charge in [-0.15, -0.1) is 33.1 Å². The van der Waals surface area contributed by atoms with Crippen LogP contribution in [0.5, 0.6) is 0 Å². The molecule has 1 atom stereocenters. The van der Waals surface area contributed by atoms with Crippen molar-refractivity contribution in [2.24, 2.45) is 0 Å². The second-order valence-corrected chi connectivity index (χ2v) is 6.51. The molecule has 3 aromatic rings. The molecule has 96 valence electrons. The van der Waals surface area contributed by atoms with Gasteiger partial charge in [-0.25, -0.2) is 0 Å². The summed E-state index contributed by atoms with van der Waals surface area (Å²) in [5, 5.41) is 12.1. The van der Waals surface area contributed by atoms with Gasteiger partial charge in [0.15, 0.2) is 5.01 Å². The Bertz CT molecular complexity index is 676. The van der Waals surface area contributed by atoms with Crippen molar-refractivity contribution in [3.05, 3.63) is 57.9 Å². The number of rotatable bonds is 3. The zero-order chi connectivity index (χ0) is 13.2. The first kappa shape index (κ1) is 12.8. The molecule has 1 unspecified atom stereocenters. The number of alkyl halides is 1. The molecule has 0 fully saturated rings. The molecule has 19 heavy (non-hydrogen) atoms. The van der Waals surface area contributed by atoms with E-state index in [0.717, 1.165) is 15.6 Å². The Morgan fingerprint density at radius 2 is 1.89 bits per heavy atom. The van der Waals surface area contributed by atoms with E-state index in [1.54, 1.807) is 22.7 Å². The number of aryl methyl sites for hydroxylation is 1. The van der Waals surface area contributed by atoms with E-state index >= 15 is 0 Å². The van der Waals surface area contributed by atoms with E-state index in [1.807, 2.05) is 30.3 Å². The molecule has 0 aliphatic rings. The minimum Gasteiger partial charge on any atom is -0.141 e. The van der Waals surface area contributed by atoms with Crippen LogP contribution in [0.3, 0.4) is 0 Å². The highest BCUT2D eigenvalue weighted by atomic mass is 35.5. The standard InChI is InChI=1S/C14H11ClN2S2/c1-9-7-8-18-12(9)14-17-16-13(19-14)11(15)10-5-3-2-4-6-10/h2-8,11H,1H3. The third-order valence-electron chi connectivity index (χ3n) is 2.81. The Morgan fingerprint density at radius 1 is 1.11 bits per heavy atom. The van der Waals surface area contributed by atoms with Crippen LogP contribution in [0.4, 0.5) is 0 Å². The fourth-order valence-electron chi connectivity index (χ4n) is 1.79. The normalized spacial score (nSPS) is 12.5. The first-order valence-electron chi connectivity index (χ1n) is 5.82. The van der Waals surface area contributed by atoms with Crippen LogP contribution in [0.15, 0.2) is 41.8 Å². The second kappa shape index (κ2) is 5.41. The lowest BCUT2D eigenvalue weighted by Crippen LogP contribution is -1.91. The summed E-state index contributed by atoms with van der Waals surface area (Å²) in [6.45, 7) is 2.09. The summed E-state index contributed by atoms with van der Waals surface area (Å²) in [6.07, 6.45) is 0. The number of halogens is 1. The monoisotopic (exact) mass is 306 g/mol. The highest BCUT2D eigenvalue weighted by Gasteiger charge is 2.17. The summed E-state index contributed by atoms with van der Waals surface area (Å²) in [7, 11) is 0. The Morgan fingerprint density at radius 3 is 2.58 bits per heavy atom. The van der Waals surface area contributed by atoms with Crippen LogP contribution < -0.4 is 0 Å². The maximum Gasteiger partial charge on any atom is 0.158 e. The minimum absolute atomic E-state index is 0.229. The molecule has 0 bridgehead atoms. The zero-order valence-corrected chi connectivity index (χ0v) is 12.6. The quantitative estimate of drug-likeness (QED) is 0.643. The van der Waals surface area contributed by atoms with Crippen LogP contribution in [0.2, 0.25) is 0 Å². The number of hydrogen-bond acceptors (Lipinski definition) is 4. The number of thiophene rings is 1. The lowest BCUT2D eigenvalue weighted by Gasteiger charge is -2.04. The highest BCUT2D eigenvalue weighted by Crippen LogP contribution is 2.36. The second-order valence-electron chi connectivity index (χ2n) is 4.15. The van der Waals surface area contributed by atoms with Crippen LogP contribution in [0.25, 0.3) is 9.88 Å². The van der Waals surface area contributed by atoms with Crippen molar-refractivity contribution in [3.63, 3.8) is 0 Å². The van der Waals surface area contributed by atoms with Crippen molar-refractivity contribution in [2.75, 3.05) is 0 Å². The lowest BCUT2D eigenvalue weighted by molar-refractivity contribution is 0.988. The molecule has 5 heteroatoms. The fourth-order valence-corrected chi connectivity index (χ4v) is 4.04. The zero-order valence-electron chi connectivity index (χ0n) is 10.2. The van der Waals surface area contributed by atoms with Crippen LogP contribution >= 0.6 is 34.3 Å². The summed E-state index contributed by atoms with van der Waals surface area (Å²) in [5.41, 5.74) is 2.29. The van der Waals surface area contributed by atoms with E-state index in [-0.39, 0.29) is 5.38 Å². The van der Waals surface area contributed by atoms with E-state index in [2.05, 4.69) is 28.6 Å². The fraction of sp³-hybridized carbons (Fsp3) is 0.143.